The Morgan fingerprint density at radius 3 is 2.56 bits per heavy atom. The molecule has 1 aliphatic rings. The highest BCUT2D eigenvalue weighted by atomic mass is 32.1. The quantitative estimate of drug-likeness (QED) is 0.699. The van der Waals surface area contributed by atoms with Gasteiger partial charge >= 0.3 is 6.03 Å². The van der Waals surface area contributed by atoms with Crippen molar-refractivity contribution in [2.24, 2.45) is 0 Å². The average molecular weight is 380 g/mol. The van der Waals surface area contributed by atoms with Crippen LogP contribution in [-0.4, -0.2) is 58.5 Å². The molecule has 3 heterocycles. The van der Waals surface area contributed by atoms with Crippen LogP contribution in [0.4, 0.5) is 15.6 Å². The van der Waals surface area contributed by atoms with Crippen LogP contribution in [-0.2, 0) is 0 Å². The van der Waals surface area contributed by atoms with E-state index in [4.69, 9.17) is 0 Å². The summed E-state index contributed by atoms with van der Waals surface area (Å²) in [5.74, 6) is 0.755. The van der Waals surface area contributed by atoms with Crippen molar-refractivity contribution in [3.63, 3.8) is 0 Å². The van der Waals surface area contributed by atoms with Crippen molar-refractivity contribution in [1.82, 2.24) is 19.2 Å². The van der Waals surface area contributed by atoms with Crippen LogP contribution in [0.2, 0.25) is 0 Å². The lowest BCUT2D eigenvalue weighted by Crippen LogP contribution is -2.52. The summed E-state index contributed by atoms with van der Waals surface area (Å²) in [5.41, 5.74) is 1.81. The van der Waals surface area contributed by atoms with Crippen LogP contribution in [0.3, 0.4) is 0 Å². The van der Waals surface area contributed by atoms with Gasteiger partial charge in [0.05, 0.1) is 11.9 Å². The number of nitrogens with zero attached hydrogens (tertiary/aromatic N) is 6. The molecule has 1 aliphatic heterocycles. The van der Waals surface area contributed by atoms with E-state index in [1.54, 1.807) is 24.3 Å². The smallest absolute Gasteiger partial charge is 0.324 e. The zero-order valence-electron chi connectivity index (χ0n) is 15.0. The summed E-state index contributed by atoms with van der Waals surface area (Å²) < 4.78 is 4.48. The van der Waals surface area contributed by atoms with E-state index in [-0.39, 0.29) is 6.03 Å². The minimum atomic E-state index is -0.00936. The molecule has 2 amide bonds. The van der Waals surface area contributed by atoms with Gasteiger partial charge in [0.25, 0.3) is 0 Å². The Labute approximate surface area is 162 Å². The molecular weight excluding hydrogens is 360 g/mol. The molecule has 1 saturated heterocycles. The number of pyridine rings is 1. The number of urea groups is 1. The fraction of sp³-hybridized carbons (Fsp3) is 0.263. The molecule has 0 spiro atoms. The van der Waals surface area contributed by atoms with Crippen molar-refractivity contribution in [3.8, 4) is 11.4 Å². The maximum atomic E-state index is 12.7. The highest BCUT2D eigenvalue weighted by molar-refractivity contribution is 7.09. The standard InChI is InChI=1S/C19H20N6OS/c1-23(16-8-5-9-20-14-16)19(26)25-12-10-24(11-13-25)18-21-17(22-27-18)15-6-3-2-4-7-15/h2-9,14H,10-13H2,1H3. The number of piperazine rings is 1. The molecule has 1 fully saturated rings. The summed E-state index contributed by atoms with van der Waals surface area (Å²) in [5, 5.41) is 0.904. The van der Waals surface area contributed by atoms with Gasteiger partial charge in [0.1, 0.15) is 0 Å². The molecule has 4 rings (SSSR count). The zero-order chi connectivity index (χ0) is 18.6. The molecule has 0 saturated carbocycles. The van der Waals surface area contributed by atoms with Crippen LogP contribution < -0.4 is 9.80 Å². The molecular formula is C19H20N6OS. The van der Waals surface area contributed by atoms with E-state index < -0.39 is 0 Å². The molecule has 0 atom stereocenters. The number of rotatable bonds is 3. The first-order valence-corrected chi connectivity index (χ1v) is 9.56. The molecule has 0 aliphatic carbocycles. The molecule has 0 radical (unpaired) electrons. The Kier molecular flexibility index (Phi) is 4.97. The number of carbonyl (C=O) groups is 1. The number of anilines is 2. The molecule has 0 bridgehead atoms. The maximum absolute atomic E-state index is 12.7. The lowest BCUT2D eigenvalue weighted by Gasteiger charge is -2.36. The van der Waals surface area contributed by atoms with Gasteiger partial charge in [0.15, 0.2) is 5.82 Å². The zero-order valence-corrected chi connectivity index (χ0v) is 15.8. The normalized spacial score (nSPS) is 14.3. The highest BCUT2D eigenvalue weighted by Crippen LogP contribution is 2.25. The van der Waals surface area contributed by atoms with Gasteiger partial charge < -0.3 is 9.80 Å². The second-order valence-electron chi connectivity index (χ2n) is 6.29. The minimum absolute atomic E-state index is 0.00936. The summed E-state index contributed by atoms with van der Waals surface area (Å²) in [4.78, 5) is 27.2. The van der Waals surface area contributed by atoms with E-state index in [1.165, 1.54) is 11.5 Å². The first kappa shape index (κ1) is 17.4. The second kappa shape index (κ2) is 7.71. The van der Waals surface area contributed by atoms with Crippen LogP contribution in [0.25, 0.3) is 11.4 Å². The van der Waals surface area contributed by atoms with E-state index >= 15 is 0 Å². The van der Waals surface area contributed by atoms with Gasteiger partial charge in [-0.25, -0.2) is 4.79 Å². The molecule has 2 aromatic heterocycles. The predicted octanol–water partition coefficient (Wildman–Crippen LogP) is 2.98. The molecule has 1 aromatic carbocycles. The Bertz CT molecular complexity index is 893. The van der Waals surface area contributed by atoms with Crippen LogP contribution in [0.1, 0.15) is 0 Å². The van der Waals surface area contributed by atoms with Crippen molar-refractivity contribution >= 4 is 28.4 Å². The van der Waals surface area contributed by atoms with E-state index in [2.05, 4.69) is 19.2 Å². The Morgan fingerprint density at radius 1 is 1.07 bits per heavy atom. The summed E-state index contributed by atoms with van der Waals surface area (Å²) in [6.07, 6.45) is 3.40. The largest absolute Gasteiger partial charge is 0.343 e. The molecule has 27 heavy (non-hydrogen) atoms. The van der Waals surface area contributed by atoms with Crippen molar-refractivity contribution in [2.75, 3.05) is 43.0 Å². The average Bonchev–Trinajstić information content (AvgIpc) is 3.24. The molecule has 0 unspecified atom stereocenters. The summed E-state index contributed by atoms with van der Waals surface area (Å²) >= 11 is 1.41. The first-order valence-electron chi connectivity index (χ1n) is 8.79. The van der Waals surface area contributed by atoms with Gasteiger partial charge in [-0.15, -0.1) is 0 Å². The number of hydrogen-bond acceptors (Lipinski definition) is 6. The molecule has 8 heteroatoms. The third-order valence-electron chi connectivity index (χ3n) is 4.59. The minimum Gasteiger partial charge on any atom is -0.343 e. The topological polar surface area (TPSA) is 65.5 Å². The number of hydrogen-bond donors (Lipinski definition) is 0. The van der Waals surface area contributed by atoms with Crippen molar-refractivity contribution in [2.45, 2.75) is 0 Å². The number of amides is 2. The SMILES string of the molecule is CN(C(=O)N1CCN(c2nc(-c3ccccc3)ns2)CC1)c1cccnc1. The van der Waals surface area contributed by atoms with Crippen molar-refractivity contribution in [1.29, 1.82) is 0 Å². The van der Waals surface area contributed by atoms with Crippen molar-refractivity contribution in [3.05, 3.63) is 54.9 Å². The Hall–Kier alpha value is -3.00. The molecule has 0 N–H and O–H groups in total. The maximum Gasteiger partial charge on any atom is 0.324 e. The third-order valence-corrected chi connectivity index (χ3v) is 5.37. The van der Waals surface area contributed by atoms with Crippen LogP contribution >= 0.6 is 11.5 Å². The monoisotopic (exact) mass is 380 g/mol. The summed E-state index contributed by atoms with van der Waals surface area (Å²) in [6.45, 7) is 2.81. The van der Waals surface area contributed by atoms with Crippen LogP contribution in [0.15, 0.2) is 54.9 Å². The van der Waals surface area contributed by atoms with Gasteiger partial charge in [0.2, 0.25) is 5.13 Å². The van der Waals surface area contributed by atoms with Crippen LogP contribution in [0.5, 0.6) is 0 Å². The van der Waals surface area contributed by atoms with E-state index in [9.17, 15) is 4.79 Å². The van der Waals surface area contributed by atoms with Gasteiger partial charge in [-0.1, -0.05) is 30.3 Å². The van der Waals surface area contributed by atoms with Gasteiger partial charge in [-0.05, 0) is 12.1 Å². The predicted molar refractivity (Wildman–Crippen MR) is 107 cm³/mol. The third kappa shape index (κ3) is 3.75. The lowest BCUT2D eigenvalue weighted by atomic mass is 10.2. The highest BCUT2D eigenvalue weighted by Gasteiger charge is 2.26. The summed E-state index contributed by atoms with van der Waals surface area (Å²) in [6, 6.07) is 13.7. The van der Waals surface area contributed by atoms with Gasteiger partial charge in [0, 0.05) is 56.5 Å². The Morgan fingerprint density at radius 2 is 1.85 bits per heavy atom. The lowest BCUT2D eigenvalue weighted by molar-refractivity contribution is 0.202. The van der Waals surface area contributed by atoms with Crippen LogP contribution in [0, 0.1) is 0 Å². The molecule has 138 valence electrons. The second-order valence-corrected chi connectivity index (χ2v) is 7.02. The van der Waals surface area contributed by atoms with E-state index in [1.807, 2.05) is 47.4 Å². The summed E-state index contributed by atoms with van der Waals surface area (Å²) in [7, 11) is 1.78. The van der Waals surface area contributed by atoms with E-state index in [0.717, 1.165) is 35.3 Å². The number of aromatic nitrogens is 3. The Balaban J connectivity index is 1.38. The number of benzene rings is 1. The fourth-order valence-electron chi connectivity index (χ4n) is 3.01. The first-order chi connectivity index (χ1) is 13.2. The van der Waals surface area contributed by atoms with Crippen molar-refractivity contribution < 1.29 is 4.79 Å². The van der Waals surface area contributed by atoms with Gasteiger partial charge in [-0.2, -0.15) is 9.36 Å². The van der Waals surface area contributed by atoms with Gasteiger partial charge in [-0.3, -0.25) is 9.88 Å². The number of carbonyl (C=O) groups excluding carboxylic acids is 1. The fourth-order valence-corrected chi connectivity index (χ4v) is 3.75. The molecule has 7 nitrogen and oxygen atoms in total. The van der Waals surface area contributed by atoms with E-state index in [0.29, 0.717) is 13.1 Å². The molecule has 3 aromatic rings.